The van der Waals surface area contributed by atoms with Gasteiger partial charge < -0.3 is 9.80 Å². The number of hydrogen-bond acceptors (Lipinski definition) is 3. The monoisotopic (exact) mass is 386 g/mol. The first-order chi connectivity index (χ1) is 13.0. The van der Waals surface area contributed by atoms with Crippen molar-refractivity contribution < 1.29 is 9.59 Å². The lowest BCUT2D eigenvalue weighted by Crippen LogP contribution is -2.45. The fourth-order valence-corrected chi connectivity index (χ4v) is 3.62. The lowest BCUT2D eigenvalue weighted by molar-refractivity contribution is -0.142. The van der Waals surface area contributed by atoms with Crippen LogP contribution < -0.4 is 0 Å². The van der Waals surface area contributed by atoms with Crippen LogP contribution in [0.2, 0.25) is 0 Å². The maximum Gasteiger partial charge on any atom is 0.242 e. The summed E-state index contributed by atoms with van der Waals surface area (Å²) in [4.78, 5) is 30.3. The molecule has 0 aliphatic heterocycles. The van der Waals surface area contributed by atoms with E-state index in [0.29, 0.717) is 19.5 Å². The zero-order valence-corrected chi connectivity index (χ0v) is 17.4. The van der Waals surface area contributed by atoms with E-state index < -0.39 is 0 Å². The predicted molar refractivity (Wildman–Crippen MR) is 111 cm³/mol. The van der Waals surface area contributed by atoms with E-state index in [1.165, 1.54) is 0 Å². The van der Waals surface area contributed by atoms with Crippen molar-refractivity contribution in [3.63, 3.8) is 0 Å². The molecule has 1 aromatic heterocycles. The summed E-state index contributed by atoms with van der Waals surface area (Å²) in [5, 5.41) is 2.02. The molecular formula is C22H30N2O2S. The first-order valence-corrected chi connectivity index (χ1v) is 10.5. The summed E-state index contributed by atoms with van der Waals surface area (Å²) in [7, 11) is 0. The summed E-state index contributed by atoms with van der Waals surface area (Å²) in [6, 6.07) is 14.1. The van der Waals surface area contributed by atoms with Gasteiger partial charge in [0.25, 0.3) is 0 Å². The van der Waals surface area contributed by atoms with Crippen molar-refractivity contribution in [2.75, 3.05) is 6.54 Å². The van der Waals surface area contributed by atoms with Gasteiger partial charge in [0.05, 0.1) is 13.1 Å². The Labute approximate surface area is 166 Å². The maximum absolute atomic E-state index is 13.1. The van der Waals surface area contributed by atoms with Crippen LogP contribution in [-0.4, -0.2) is 34.2 Å². The number of thiophene rings is 1. The molecular weight excluding hydrogens is 356 g/mol. The van der Waals surface area contributed by atoms with Crippen molar-refractivity contribution in [1.82, 2.24) is 9.80 Å². The molecule has 2 aromatic rings. The van der Waals surface area contributed by atoms with Crippen LogP contribution in [0.4, 0.5) is 0 Å². The zero-order chi connectivity index (χ0) is 19.6. The highest BCUT2D eigenvalue weighted by atomic mass is 32.1. The topological polar surface area (TPSA) is 40.6 Å². The van der Waals surface area contributed by atoms with Crippen LogP contribution in [0.25, 0.3) is 0 Å². The molecule has 1 aromatic carbocycles. The Bertz CT molecular complexity index is 698. The highest BCUT2D eigenvalue weighted by Gasteiger charge is 2.23. The minimum absolute atomic E-state index is 0.00852. The summed E-state index contributed by atoms with van der Waals surface area (Å²) >= 11 is 1.65. The Balaban J connectivity index is 2.12. The highest BCUT2D eigenvalue weighted by molar-refractivity contribution is 7.09. The van der Waals surface area contributed by atoms with Gasteiger partial charge in [-0.3, -0.25) is 9.59 Å². The Morgan fingerprint density at radius 3 is 2.33 bits per heavy atom. The van der Waals surface area contributed by atoms with Crippen molar-refractivity contribution in [3.8, 4) is 0 Å². The average molecular weight is 387 g/mol. The normalized spacial score (nSPS) is 10.8. The van der Waals surface area contributed by atoms with Gasteiger partial charge in [0, 0.05) is 23.9 Å². The van der Waals surface area contributed by atoms with E-state index >= 15 is 0 Å². The van der Waals surface area contributed by atoms with E-state index in [1.54, 1.807) is 16.2 Å². The molecule has 0 aliphatic rings. The zero-order valence-electron chi connectivity index (χ0n) is 16.6. The highest BCUT2D eigenvalue weighted by Crippen LogP contribution is 2.16. The van der Waals surface area contributed by atoms with Gasteiger partial charge in [-0.15, -0.1) is 11.3 Å². The summed E-state index contributed by atoms with van der Waals surface area (Å²) < 4.78 is 0. The maximum atomic E-state index is 13.1. The third-order valence-corrected chi connectivity index (χ3v) is 5.35. The Morgan fingerprint density at radius 1 is 1.00 bits per heavy atom. The largest absolute Gasteiger partial charge is 0.332 e. The average Bonchev–Trinajstić information content (AvgIpc) is 3.17. The predicted octanol–water partition coefficient (Wildman–Crippen LogP) is 4.70. The SMILES string of the molecule is CCCCC(=O)N(CC(=O)N(Cc1ccccc1)Cc1cccs1)C(C)C. The molecule has 2 rings (SSSR count). The van der Waals surface area contributed by atoms with Crippen LogP contribution >= 0.6 is 11.3 Å². The van der Waals surface area contributed by atoms with Gasteiger partial charge in [-0.25, -0.2) is 0 Å². The summed E-state index contributed by atoms with van der Waals surface area (Å²) in [5.74, 6) is 0.0572. The van der Waals surface area contributed by atoms with Crippen molar-refractivity contribution >= 4 is 23.2 Å². The van der Waals surface area contributed by atoms with Gasteiger partial charge in [0.1, 0.15) is 0 Å². The molecule has 0 aliphatic carbocycles. The number of unbranched alkanes of at least 4 members (excludes halogenated alkanes) is 1. The minimum Gasteiger partial charge on any atom is -0.332 e. The summed E-state index contributed by atoms with van der Waals surface area (Å²) in [6.07, 6.45) is 2.34. The van der Waals surface area contributed by atoms with E-state index in [1.807, 2.05) is 66.6 Å². The molecule has 0 unspecified atom stereocenters. The van der Waals surface area contributed by atoms with Gasteiger partial charge in [0.2, 0.25) is 11.8 Å². The van der Waals surface area contributed by atoms with Crippen molar-refractivity contribution in [2.24, 2.45) is 0 Å². The second kappa shape index (κ2) is 10.9. The Morgan fingerprint density at radius 2 is 1.74 bits per heavy atom. The minimum atomic E-state index is -0.00852. The standard InChI is InChI=1S/C22H30N2O2S/c1-4-5-13-21(25)24(18(2)3)17-22(26)23(16-20-12-9-14-27-20)15-19-10-7-6-8-11-19/h6-12,14,18H,4-5,13,15-17H2,1-3H3. The summed E-state index contributed by atoms with van der Waals surface area (Å²) in [6.45, 7) is 7.27. The number of nitrogens with zero attached hydrogens (tertiary/aromatic N) is 2. The number of rotatable bonds is 10. The van der Waals surface area contributed by atoms with Crippen LogP contribution in [0, 0.1) is 0 Å². The molecule has 0 saturated carbocycles. The van der Waals surface area contributed by atoms with Gasteiger partial charge >= 0.3 is 0 Å². The lowest BCUT2D eigenvalue weighted by Gasteiger charge is -2.30. The Hall–Kier alpha value is -2.14. The van der Waals surface area contributed by atoms with E-state index in [0.717, 1.165) is 23.3 Å². The molecule has 2 amide bonds. The molecule has 146 valence electrons. The summed E-state index contributed by atoms with van der Waals surface area (Å²) in [5.41, 5.74) is 1.09. The molecule has 1 heterocycles. The van der Waals surface area contributed by atoms with Crippen LogP contribution in [-0.2, 0) is 22.7 Å². The number of carbonyl (C=O) groups is 2. The second-order valence-corrected chi connectivity index (χ2v) is 8.07. The molecule has 0 spiro atoms. The third kappa shape index (κ3) is 6.83. The number of hydrogen-bond donors (Lipinski definition) is 0. The van der Waals surface area contributed by atoms with Crippen LogP contribution in [0.3, 0.4) is 0 Å². The molecule has 4 nitrogen and oxygen atoms in total. The second-order valence-electron chi connectivity index (χ2n) is 7.03. The van der Waals surface area contributed by atoms with Gasteiger partial charge in [-0.2, -0.15) is 0 Å². The van der Waals surface area contributed by atoms with Gasteiger partial charge in [0.15, 0.2) is 0 Å². The lowest BCUT2D eigenvalue weighted by atomic mass is 10.2. The third-order valence-electron chi connectivity index (χ3n) is 4.49. The molecule has 0 fully saturated rings. The molecule has 0 radical (unpaired) electrons. The quantitative estimate of drug-likeness (QED) is 0.594. The van der Waals surface area contributed by atoms with Crippen molar-refractivity contribution in [2.45, 2.75) is 59.2 Å². The van der Waals surface area contributed by atoms with E-state index in [-0.39, 0.29) is 24.4 Å². The van der Waals surface area contributed by atoms with Crippen molar-refractivity contribution in [1.29, 1.82) is 0 Å². The molecule has 27 heavy (non-hydrogen) atoms. The Kier molecular flexibility index (Phi) is 8.52. The molecule has 5 heteroatoms. The number of amides is 2. The fourth-order valence-electron chi connectivity index (χ4n) is 2.90. The van der Waals surface area contributed by atoms with Crippen molar-refractivity contribution in [3.05, 3.63) is 58.3 Å². The van der Waals surface area contributed by atoms with Crippen LogP contribution in [0.5, 0.6) is 0 Å². The molecule has 0 atom stereocenters. The van der Waals surface area contributed by atoms with E-state index in [4.69, 9.17) is 0 Å². The van der Waals surface area contributed by atoms with Crippen LogP contribution in [0.1, 0.15) is 50.5 Å². The smallest absolute Gasteiger partial charge is 0.242 e. The van der Waals surface area contributed by atoms with E-state index in [2.05, 4.69) is 6.92 Å². The number of carbonyl (C=O) groups excluding carboxylic acids is 2. The van der Waals surface area contributed by atoms with Gasteiger partial charge in [-0.1, -0.05) is 49.7 Å². The fraction of sp³-hybridized carbons (Fsp3) is 0.455. The number of benzene rings is 1. The van der Waals surface area contributed by atoms with Gasteiger partial charge in [-0.05, 0) is 37.3 Å². The molecule has 0 saturated heterocycles. The first-order valence-electron chi connectivity index (χ1n) is 9.64. The van der Waals surface area contributed by atoms with E-state index in [9.17, 15) is 9.59 Å². The van der Waals surface area contributed by atoms with Crippen LogP contribution in [0.15, 0.2) is 47.8 Å². The molecule has 0 bridgehead atoms. The first kappa shape index (κ1) is 21.2. The molecule has 0 N–H and O–H groups in total.